The first-order chi connectivity index (χ1) is 9.78. The van der Waals surface area contributed by atoms with Crippen molar-refractivity contribution in [2.75, 3.05) is 6.61 Å². The van der Waals surface area contributed by atoms with Crippen LogP contribution in [0.25, 0.3) is 0 Å². The van der Waals surface area contributed by atoms with E-state index in [1.807, 2.05) is 19.9 Å². The Labute approximate surface area is 123 Å². The SMILES string of the molecule is Cc1cc(C)n([C@@H]2O[C@@H]3COC(C)(C)O[C@H]3[C@H](O)[C@H]2O)n1. The molecule has 21 heavy (non-hydrogen) atoms. The quantitative estimate of drug-likeness (QED) is 0.774. The molecule has 1 aromatic rings. The lowest BCUT2D eigenvalue weighted by Gasteiger charge is -2.48. The third-order valence-electron chi connectivity index (χ3n) is 3.96. The van der Waals surface area contributed by atoms with Crippen molar-refractivity contribution in [2.24, 2.45) is 0 Å². The normalized spacial score (nSPS) is 39.0. The van der Waals surface area contributed by atoms with Gasteiger partial charge in [0.05, 0.1) is 12.3 Å². The van der Waals surface area contributed by atoms with Gasteiger partial charge in [-0.3, -0.25) is 0 Å². The van der Waals surface area contributed by atoms with Crippen LogP contribution in [0.3, 0.4) is 0 Å². The van der Waals surface area contributed by atoms with Crippen molar-refractivity contribution < 1.29 is 24.4 Å². The summed E-state index contributed by atoms with van der Waals surface area (Å²) in [5.41, 5.74) is 1.69. The van der Waals surface area contributed by atoms with E-state index < -0.39 is 36.4 Å². The summed E-state index contributed by atoms with van der Waals surface area (Å²) in [7, 11) is 0. The van der Waals surface area contributed by atoms with Gasteiger partial charge in [0.25, 0.3) is 0 Å². The number of nitrogens with zero attached hydrogens (tertiary/aromatic N) is 2. The zero-order chi connectivity index (χ0) is 15.4. The van der Waals surface area contributed by atoms with Gasteiger partial charge < -0.3 is 24.4 Å². The zero-order valence-electron chi connectivity index (χ0n) is 12.7. The molecule has 0 spiro atoms. The molecule has 2 aliphatic heterocycles. The Morgan fingerprint density at radius 2 is 2.00 bits per heavy atom. The van der Waals surface area contributed by atoms with Crippen molar-refractivity contribution >= 4 is 0 Å². The first kappa shape index (κ1) is 14.9. The second-order valence-electron chi connectivity index (χ2n) is 6.21. The van der Waals surface area contributed by atoms with Crippen LogP contribution in [0, 0.1) is 13.8 Å². The van der Waals surface area contributed by atoms with E-state index in [-0.39, 0.29) is 0 Å². The molecule has 5 atom stereocenters. The summed E-state index contributed by atoms with van der Waals surface area (Å²) >= 11 is 0. The minimum absolute atomic E-state index is 0.303. The fourth-order valence-electron chi connectivity index (χ4n) is 2.95. The maximum atomic E-state index is 10.4. The van der Waals surface area contributed by atoms with E-state index in [1.54, 1.807) is 18.5 Å². The Morgan fingerprint density at radius 3 is 2.62 bits per heavy atom. The van der Waals surface area contributed by atoms with Gasteiger partial charge in [0.15, 0.2) is 12.0 Å². The van der Waals surface area contributed by atoms with Crippen LogP contribution in [-0.4, -0.2) is 56.8 Å². The fourth-order valence-corrected chi connectivity index (χ4v) is 2.95. The summed E-state index contributed by atoms with van der Waals surface area (Å²) in [4.78, 5) is 0. The van der Waals surface area contributed by atoms with Gasteiger partial charge in [0.2, 0.25) is 0 Å². The van der Waals surface area contributed by atoms with Crippen LogP contribution in [0.15, 0.2) is 6.07 Å². The van der Waals surface area contributed by atoms with Crippen molar-refractivity contribution in [1.29, 1.82) is 0 Å². The molecule has 0 aromatic carbocycles. The van der Waals surface area contributed by atoms with E-state index in [0.717, 1.165) is 11.4 Å². The Morgan fingerprint density at radius 1 is 1.29 bits per heavy atom. The second kappa shape index (κ2) is 5.03. The van der Waals surface area contributed by atoms with E-state index in [4.69, 9.17) is 14.2 Å². The molecule has 7 heteroatoms. The fraction of sp³-hybridized carbons (Fsp3) is 0.786. The number of hydrogen-bond acceptors (Lipinski definition) is 6. The Kier molecular flexibility index (Phi) is 3.58. The predicted molar refractivity (Wildman–Crippen MR) is 72.5 cm³/mol. The highest BCUT2D eigenvalue weighted by Crippen LogP contribution is 2.36. The molecule has 118 valence electrons. The summed E-state index contributed by atoms with van der Waals surface area (Å²) < 4.78 is 18.7. The van der Waals surface area contributed by atoms with Gasteiger partial charge >= 0.3 is 0 Å². The first-order valence-electron chi connectivity index (χ1n) is 7.14. The molecule has 3 heterocycles. The minimum Gasteiger partial charge on any atom is -0.387 e. The molecule has 0 bridgehead atoms. The van der Waals surface area contributed by atoms with Crippen LogP contribution in [0.5, 0.6) is 0 Å². The van der Waals surface area contributed by atoms with Gasteiger partial charge in [0, 0.05) is 5.69 Å². The molecule has 3 rings (SSSR count). The van der Waals surface area contributed by atoms with Gasteiger partial charge in [-0.2, -0.15) is 5.10 Å². The lowest BCUT2D eigenvalue weighted by atomic mass is 9.96. The first-order valence-corrected chi connectivity index (χ1v) is 7.14. The Balaban J connectivity index is 1.86. The van der Waals surface area contributed by atoms with E-state index in [9.17, 15) is 10.2 Å². The Bertz CT molecular complexity index is 527. The topological polar surface area (TPSA) is 86.0 Å². The molecule has 0 amide bonds. The molecule has 0 unspecified atom stereocenters. The van der Waals surface area contributed by atoms with E-state index in [1.165, 1.54) is 0 Å². The number of hydrogen-bond donors (Lipinski definition) is 2. The number of rotatable bonds is 1. The highest BCUT2D eigenvalue weighted by Gasteiger charge is 2.51. The molecule has 0 saturated carbocycles. The number of fused-ring (bicyclic) bond motifs is 1. The molecule has 0 radical (unpaired) electrons. The van der Waals surface area contributed by atoms with Crippen LogP contribution in [0.2, 0.25) is 0 Å². The number of aliphatic hydroxyl groups is 2. The maximum absolute atomic E-state index is 10.4. The summed E-state index contributed by atoms with van der Waals surface area (Å²) in [6.07, 6.45) is -3.97. The number of ether oxygens (including phenoxy) is 3. The summed E-state index contributed by atoms with van der Waals surface area (Å²) in [5, 5.41) is 25.1. The monoisotopic (exact) mass is 298 g/mol. The third kappa shape index (κ3) is 2.60. The molecular formula is C14H22N2O5. The van der Waals surface area contributed by atoms with Gasteiger partial charge in [-0.15, -0.1) is 0 Å². The van der Waals surface area contributed by atoms with E-state index in [0.29, 0.717) is 6.61 Å². The molecule has 2 fully saturated rings. The highest BCUT2D eigenvalue weighted by atomic mass is 16.7. The summed E-state index contributed by atoms with van der Waals surface area (Å²) in [6.45, 7) is 7.60. The van der Waals surface area contributed by atoms with E-state index in [2.05, 4.69) is 5.10 Å². The lowest BCUT2D eigenvalue weighted by molar-refractivity contribution is -0.366. The van der Waals surface area contributed by atoms with Gasteiger partial charge in [-0.05, 0) is 33.8 Å². The van der Waals surface area contributed by atoms with Crippen LogP contribution in [0.4, 0.5) is 0 Å². The van der Waals surface area contributed by atoms with Gasteiger partial charge in [-0.25, -0.2) is 4.68 Å². The third-order valence-corrected chi connectivity index (χ3v) is 3.96. The van der Waals surface area contributed by atoms with Gasteiger partial charge in [-0.1, -0.05) is 0 Å². The standard InChI is InChI=1S/C14H22N2O5/c1-7-5-8(2)16(15-7)13-11(18)10(17)12-9(20-13)6-19-14(3,4)21-12/h5,9-13,17-18H,6H2,1-4H3/t9-,10-,11-,12-,13-/m1/s1. The molecular weight excluding hydrogens is 276 g/mol. The van der Waals surface area contributed by atoms with Crippen molar-refractivity contribution in [2.45, 2.75) is 64.1 Å². The highest BCUT2D eigenvalue weighted by molar-refractivity contribution is 5.08. The van der Waals surface area contributed by atoms with Crippen molar-refractivity contribution in [3.8, 4) is 0 Å². The van der Waals surface area contributed by atoms with Crippen LogP contribution >= 0.6 is 0 Å². The summed E-state index contributed by atoms with van der Waals surface area (Å²) in [5.74, 6) is -0.795. The van der Waals surface area contributed by atoms with Gasteiger partial charge in [0.1, 0.15) is 24.4 Å². The van der Waals surface area contributed by atoms with E-state index >= 15 is 0 Å². The van der Waals surface area contributed by atoms with Crippen molar-refractivity contribution in [1.82, 2.24) is 9.78 Å². The molecule has 2 N–H and O–H groups in total. The average molecular weight is 298 g/mol. The average Bonchev–Trinajstić information content (AvgIpc) is 2.73. The molecule has 7 nitrogen and oxygen atoms in total. The molecule has 2 saturated heterocycles. The largest absolute Gasteiger partial charge is 0.387 e. The second-order valence-corrected chi connectivity index (χ2v) is 6.21. The lowest BCUT2D eigenvalue weighted by Crippen LogP contribution is -2.63. The number of aryl methyl sites for hydroxylation is 2. The predicted octanol–water partition coefficient (Wildman–Crippen LogP) is 0.271. The Hall–Kier alpha value is -0.990. The van der Waals surface area contributed by atoms with Crippen molar-refractivity contribution in [3.05, 3.63) is 17.5 Å². The molecule has 2 aliphatic rings. The maximum Gasteiger partial charge on any atom is 0.179 e. The van der Waals surface area contributed by atoms with Crippen LogP contribution in [0.1, 0.15) is 31.5 Å². The zero-order valence-corrected chi connectivity index (χ0v) is 12.7. The number of aliphatic hydroxyl groups excluding tert-OH is 2. The van der Waals surface area contributed by atoms with Crippen molar-refractivity contribution in [3.63, 3.8) is 0 Å². The summed E-state index contributed by atoms with van der Waals surface area (Å²) in [6, 6.07) is 1.89. The van der Waals surface area contributed by atoms with Crippen LogP contribution in [-0.2, 0) is 14.2 Å². The van der Waals surface area contributed by atoms with Crippen LogP contribution < -0.4 is 0 Å². The molecule has 1 aromatic heterocycles. The minimum atomic E-state index is -1.11. The smallest absolute Gasteiger partial charge is 0.179 e. The number of aromatic nitrogens is 2. The molecule has 0 aliphatic carbocycles.